The van der Waals surface area contributed by atoms with Crippen LogP contribution in [0, 0.1) is 5.82 Å². The number of nitrogens with zero attached hydrogens (tertiary/aromatic N) is 5. The average Bonchev–Trinajstić information content (AvgIpc) is 3.57. The largest absolute Gasteiger partial charge is 0.461 e. The van der Waals surface area contributed by atoms with E-state index in [4.69, 9.17) is 9.72 Å². The Balaban J connectivity index is 1.32. The van der Waals surface area contributed by atoms with Crippen LogP contribution in [0.3, 0.4) is 0 Å². The van der Waals surface area contributed by atoms with E-state index >= 15 is 4.39 Å². The number of hydrogen-bond acceptors (Lipinski definition) is 7. The fraction of sp³-hybridized carbons (Fsp3) is 0.581. The first-order valence-electron chi connectivity index (χ1n) is 14.7. The lowest BCUT2D eigenvalue weighted by Gasteiger charge is -2.34. The van der Waals surface area contributed by atoms with Gasteiger partial charge in [0.2, 0.25) is 0 Å². The molecule has 0 spiro atoms. The summed E-state index contributed by atoms with van der Waals surface area (Å²) in [5.41, 5.74) is 1.76. The number of hydrogen-bond donors (Lipinski definition) is 1. The van der Waals surface area contributed by atoms with Crippen LogP contribution in [0.2, 0.25) is 0 Å². The molecule has 1 aromatic carbocycles. The van der Waals surface area contributed by atoms with E-state index in [2.05, 4.69) is 45.9 Å². The van der Waals surface area contributed by atoms with E-state index in [1.54, 1.807) is 6.20 Å². The normalized spacial score (nSPS) is 28.4. The highest BCUT2D eigenvalue weighted by atomic mass is 19.1. The van der Waals surface area contributed by atoms with E-state index in [0.29, 0.717) is 42.9 Å². The number of piperazine rings is 1. The summed E-state index contributed by atoms with van der Waals surface area (Å²) in [6, 6.07) is 8.76. The molecule has 4 aliphatic heterocycles. The molecule has 4 saturated heterocycles. The van der Waals surface area contributed by atoms with Gasteiger partial charge in [-0.25, -0.2) is 8.78 Å². The Morgan fingerprint density at radius 1 is 1.10 bits per heavy atom. The number of nitrogens with one attached hydrogen (secondary N) is 1. The second-order valence-corrected chi connectivity index (χ2v) is 13.2. The summed E-state index contributed by atoms with van der Waals surface area (Å²) in [5.74, 6) is 0.196. The van der Waals surface area contributed by atoms with Crippen LogP contribution in [0.1, 0.15) is 58.4 Å². The number of halogens is 2. The molecule has 2 bridgehead atoms. The maximum atomic E-state index is 16.5. The van der Waals surface area contributed by atoms with Crippen LogP contribution >= 0.6 is 0 Å². The minimum absolute atomic E-state index is 0.150. The van der Waals surface area contributed by atoms with Crippen LogP contribution in [0.4, 0.5) is 14.6 Å². The Labute approximate surface area is 234 Å². The molecule has 6 heterocycles. The lowest BCUT2D eigenvalue weighted by Crippen LogP contribution is -2.51. The van der Waals surface area contributed by atoms with Crippen molar-refractivity contribution >= 4 is 16.7 Å². The first-order valence-corrected chi connectivity index (χ1v) is 14.7. The van der Waals surface area contributed by atoms with Crippen molar-refractivity contribution in [3.05, 3.63) is 41.8 Å². The number of anilines is 1. The zero-order valence-corrected chi connectivity index (χ0v) is 23.6. The van der Waals surface area contributed by atoms with Gasteiger partial charge in [0.1, 0.15) is 29.8 Å². The van der Waals surface area contributed by atoms with E-state index in [-0.39, 0.29) is 28.2 Å². The van der Waals surface area contributed by atoms with Gasteiger partial charge in [0, 0.05) is 49.9 Å². The summed E-state index contributed by atoms with van der Waals surface area (Å²) in [4.78, 5) is 18.6. The van der Waals surface area contributed by atoms with Crippen molar-refractivity contribution < 1.29 is 13.5 Å². The van der Waals surface area contributed by atoms with E-state index in [0.717, 1.165) is 56.4 Å². The molecular formula is C31H38F2N6O. The van der Waals surface area contributed by atoms with E-state index in [9.17, 15) is 4.39 Å². The Hall–Kier alpha value is -2.91. The number of rotatable bonds is 5. The Kier molecular flexibility index (Phi) is 6.23. The molecule has 7 nitrogen and oxygen atoms in total. The smallest absolute Gasteiger partial charge is 0.319 e. The van der Waals surface area contributed by atoms with E-state index in [1.165, 1.54) is 0 Å². The van der Waals surface area contributed by atoms with Crippen molar-refractivity contribution in [1.29, 1.82) is 0 Å². The van der Waals surface area contributed by atoms with Crippen molar-refractivity contribution in [2.24, 2.45) is 0 Å². The minimum atomic E-state index is -0.845. The van der Waals surface area contributed by atoms with Gasteiger partial charge < -0.3 is 15.0 Å². The molecule has 212 valence electrons. The summed E-state index contributed by atoms with van der Waals surface area (Å²) in [7, 11) is 0. The van der Waals surface area contributed by atoms with Crippen LogP contribution in [0.5, 0.6) is 6.01 Å². The van der Waals surface area contributed by atoms with E-state index < -0.39 is 12.0 Å². The van der Waals surface area contributed by atoms with Gasteiger partial charge in [-0.15, -0.1) is 0 Å². The zero-order valence-electron chi connectivity index (χ0n) is 23.6. The molecule has 7 rings (SSSR count). The molecule has 40 heavy (non-hydrogen) atoms. The lowest BCUT2D eigenvalue weighted by molar-refractivity contribution is 0.107. The number of aromatic nitrogens is 3. The van der Waals surface area contributed by atoms with Gasteiger partial charge in [-0.05, 0) is 43.2 Å². The molecule has 4 fully saturated rings. The van der Waals surface area contributed by atoms with Crippen LogP contribution < -0.4 is 15.0 Å². The first-order chi connectivity index (χ1) is 19.2. The summed E-state index contributed by atoms with van der Waals surface area (Å²) < 4.78 is 37.2. The number of fused-ring (bicyclic) bond motifs is 4. The molecule has 3 aromatic rings. The maximum absolute atomic E-state index is 16.5. The zero-order chi connectivity index (χ0) is 27.6. The van der Waals surface area contributed by atoms with Gasteiger partial charge >= 0.3 is 6.01 Å². The van der Waals surface area contributed by atoms with Gasteiger partial charge in [0.15, 0.2) is 5.82 Å². The lowest BCUT2D eigenvalue weighted by atomic mass is 9.83. The summed E-state index contributed by atoms with van der Waals surface area (Å²) in [6.07, 6.45) is 5.50. The summed E-state index contributed by atoms with van der Waals surface area (Å²) in [5, 5.41) is 4.25. The van der Waals surface area contributed by atoms with Crippen LogP contribution in [0.25, 0.3) is 22.2 Å². The second-order valence-electron chi connectivity index (χ2n) is 13.2. The van der Waals surface area contributed by atoms with Crippen LogP contribution in [0.15, 0.2) is 30.5 Å². The van der Waals surface area contributed by atoms with Crippen LogP contribution in [-0.4, -0.2) is 76.4 Å². The molecule has 2 unspecified atom stereocenters. The van der Waals surface area contributed by atoms with E-state index in [1.807, 2.05) is 24.3 Å². The molecule has 0 saturated carbocycles. The third kappa shape index (κ3) is 4.42. The summed E-state index contributed by atoms with van der Waals surface area (Å²) in [6.45, 7) is 9.57. The topological polar surface area (TPSA) is 66.4 Å². The molecule has 9 heteroatoms. The predicted octanol–water partition coefficient (Wildman–Crippen LogP) is 5.02. The maximum Gasteiger partial charge on any atom is 0.319 e. The van der Waals surface area contributed by atoms with Gasteiger partial charge in [-0.3, -0.25) is 9.88 Å². The Morgan fingerprint density at radius 3 is 2.65 bits per heavy atom. The quantitative estimate of drug-likeness (QED) is 0.480. The van der Waals surface area contributed by atoms with Crippen molar-refractivity contribution in [2.45, 2.75) is 82.1 Å². The second kappa shape index (κ2) is 9.58. The number of benzene rings is 1. The van der Waals surface area contributed by atoms with Crippen molar-refractivity contribution in [3.8, 4) is 17.3 Å². The molecule has 2 aromatic heterocycles. The fourth-order valence-corrected chi connectivity index (χ4v) is 7.48. The van der Waals surface area contributed by atoms with Gasteiger partial charge in [0.25, 0.3) is 0 Å². The van der Waals surface area contributed by atoms with Crippen molar-refractivity contribution in [3.63, 3.8) is 0 Å². The number of ether oxygens (including phenoxy) is 1. The number of pyridine rings is 1. The third-order valence-corrected chi connectivity index (χ3v) is 9.38. The number of alkyl halides is 1. The van der Waals surface area contributed by atoms with Gasteiger partial charge in [-0.2, -0.15) is 9.97 Å². The molecule has 0 radical (unpaired) electrons. The predicted molar refractivity (Wildman–Crippen MR) is 152 cm³/mol. The Morgan fingerprint density at radius 2 is 1.88 bits per heavy atom. The van der Waals surface area contributed by atoms with Gasteiger partial charge in [-0.1, -0.05) is 45.0 Å². The molecular weight excluding hydrogens is 510 g/mol. The molecule has 4 aliphatic rings. The highest BCUT2D eigenvalue weighted by Gasteiger charge is 2.49. The molecule has 4 atom stereocenters. The standard InChI is InChI=1S/C31H38F2N6O/c1-30(2,3)24-8-5-4-7-22(24)26-25(33)27-23(14-34-26)28(38-16-20-9-10-21(17-38)35-20)37-29(36-27)40-18-31-11-6-12-39(31)15-19(32)13-31/h4-5,7-8,14,19-21,35H,6,9-13,15-18H2,1-3H3/t19?,20-,21+,31?. The molecule has 0 amide bonds. The highest BCUT2D eigenvalue weighted by Crippen LogP contribution is 2.41. The molecule has 0 aliphatic carbocycles. The monoisotopic (exact) mass is 548 g/mol. The minimum Gasteiger partial charge on any atom is -0.461 e. The first kappa shape index (κ1) is 26.0. The Bertz CT molecular complexity index is 1430. The van der Waals surface area contributed by atoms with Gasteiger partial charge in [0.05, 0.1) is 10.9 Å². The SMILES string of the molecule is CC(C)(C)c1ccccc1-c1ncc2c(N3C[C@H]4CC[C@@H](C3)N4)nc(OCC34CCCN3CC(F)C4)nc2c1F. The molecule has 1 N–H and O–H groups in total. The highest BCUT2D eigenvalue weighted by molar-refractivity contribution is 5.92. The van der Waals surface area contributed by atoms with Crippen molar-refractivity contribution in [1.82, 2.24) is 25.2 Å². The van der Waals surface area contributed by atoms with Crippen molar-refractivity contribution in [2.75, 3.05) is 37.7 Å². The fourth-order valence-electron chi connectivity index (χ4n) is 7.48. The summed E-state index contributed by atoms with van der Waals surface area (Å²) >= 11 is 0. The average molecular weight is 549 g/mol. The third-order valence-electron chi connectivity index (χ3n) is 9.38. The van der Waals surface area contributed by atoms with Crippen LogP contribution in [-0.2, 0) is 5.41 Å².